The van der Waals surface area contributed by atoms with E-state index in [4.69, 9.17) is 0 Å². The van der Waals surface area contributed by atoms with Crippen LogP contribution in [-0.4, -0.2) is 37.6 Å². The summed E-state index contributed by atoms with van der Waals surface area (Å²) in [5, 5.41) is 3.39. The summed E-state index contributed by atoms with van der Waals surface area (Å²) < 4.78 is 0. The van der Waals surface area contributed by atoms with Crippen LogP contribution in [0.2, 0.25) is 0 Å². The minimum atomic E-state index is 0.202. The van der Waals surface area contributed by atoms with Gasteiger partial charge in [0, 0.05) is 24.5 Å². The van der Waals surface area contributed by atoms with Crippen molar-refractivity contribution in [2.24, 2.45) is 0 Å². The molecule has 0 heterocycles. The van der Waals surface area contributed by atoms with Crippen molar-refractivity contribution < 1.29 is 0 Å². The summed E-state index contributed by atoms with van der Waals surface area (Å²) in [6.45, 7) is 8.11. The smallest absolute Gasteiger partial charge is 0.0177 e. The number of rotatable bonds is 8. The molecule has 0 aromatic heterocycles. The maximum atomic E-state index is 3.39. The zero-order valence-electron chi connectivity index (χ0n) is 12.7. The molecule has 2 nitrogen and oxygen atoms in total. The second-order valence-corrected chi connectivity index (χ2v) is 6.16. The topological polar surface area (TPSA) is 15.3 Å². The predicted octanol–water partition coefficient (Wildman–Crippen LogP) is 3.04. The number of benzene rings is 1. The molecule has 2 rings (SSSR count). The van der Waals surface area contributed by atoms with Crippen LogP contribution in [0.1, 0.15) is 38.7 Å². The van der Waals surface area contributed by atoms with E-state index in [0.717, 1.165) is 19.1 Å². The van der Waals surface area contributed by atoms with Crippen molar-refractivity contribution in [2.45, 2.75) is 44.6 Å². The van der Waals surface area contributed by atoms with Crippen LogP contribution in [0.3, 0.4) is 0 Å². The quantitative estimate of drug-likeness (QED) is 0.773. The van der Waals surface area contributed by atoms with Gasteiger partial charge in [-0.1, -0.05) is 44.2 Å². The molecule has 1 aliphatic carbocycles. The van der Waals surface area contributed by atoms with Gasteiger partial charge < -0.3 is 5.32 Å². The summed E-state index contributed by atoms with van der Waals surface area (Å²) in [7, 11) is 2.06. The zero-order chi connectivity index (χ0) is 13.7. The first-order chi connectivity index (χ1) is 9.19. The molecule has 1 N–H and O–H groups in total. The molecule has 0 spiro atoms. The molecule has 0 saturated heterocycles. The van der Waals surface area contributed by atoms with E-state index in [9.17, 15) is 0 Å². The number of likely N-dealkylation sites (N-methyl/N-ethyl adjacent to an activating group) is 1. The van der Waals surface area contributed by atoms with E-state index >= 15 is 0 Å². The normalized spacial score (nSPS) is 18.5. The number of nitrogens with one attached hydrogen (secondary N) is 1. The third-order valence-corrected chi connectivity index (χ3v) is 4.16. The SMILES string of the molecule is CCCN(CC(C)(CNC)c1ccccc1)C1CC1. The van der Waals surface area contributed by atoms with Crippen LogP contribution in [0.5, 0.6) is 0 Å². The van der Waals surface area contributed by atoms with Crippen LogP contribution in [0.25, 0.3) is 0 Å². The molecule has 0 amide bonds. The summed E-state index contributed by atoms with van der Waals surface area (Å²) in [6.07, 6.45) is 4.04. The van der Waals surface area contributed by atoms with Crippen LogP contribution >= 0.6 is 0 Å². The highest BCUT2D eigenvalue weighted by molar-refractivity contribution is 5.26. The lowest BCUT2D eigenvalue weighted by Gasteiger charge is -2.36. The van der Waals surface area contributed by atoms with E-state index in [1.54, 1.807) is 0 Å². The third kappa shape index (κ3) is 3.80. The Morgan fingerprint density at radius 2 is 1.95 bits per heavy atom. The summed E-state index contributed by atoms with van der Waals surface area (Å²) in [5.74, 6) is 0. The van der Waals surface area contributed by atoms with Gasteiger partial charge in [-0.3, -0.25) is 4.90 Å². The zero-order valence-corrected chi connectivity index (χ0v) is 12.7. The highest BCUT2D eigenvalue weighted by Crippen LogP contribution is 2.32. The van der Waals surface area contributed by atoms with Gasteiger partial charge >= 0.3 is 0 Å². The second-order valence-electron chi connectivity index (χ2n) is 6.16. The Balaban J connectivity index is 2.13. The van der Waals surface area contributed by atoms with Crippen molar-refractivity contribution >= 4 is 0 Å². The molecule has 0 aliphatic heterocycles. The van der Waals surface area contributed by atoms with E-state index < -0.39 is 0 Å². The molecule has 0 bridgehead atoms. The summed E-state index contributed by atoms with van der Waals surface area (Å²) in [6, 6.07) is 11.8. The highest BCUT2D eigenvalue weighted by Gasteiger charge is 2.35. The maximum Gasteiger partial charge on any atom is 0.0177 e. The van der Waals surface area contributed by atoms with Crippen LogP contribution in [0, 0.1) is 0 Å². The maximum absolute atomic E-state index is 3.39. The van der Waals surface area contributed by atoms with E-state index in [0.29, 0.717) is 0 Å². The molecular weight excluding hydrogens is 232 g/mol. The fourth-order valence-corrected chi connectivity index (χ4v) is 3.05. The first-order valence-electron chi connectivity index (χ1n) is 7.64. The molecule has 1 unspecified atom stereocenters. The fraction of sp³-hybridized carbons (Fsp3) is 0.647. The predicted molar refractivity (Wildman–Crippen MR) is 82.6 cm³/mol. The van der Waals surface area contributed by atoms with Gasteiger partial charge in [0.25, 0.3) is 0 Å². The molecule has 1 aromatic rings. The van der Waals surface area contributed by atoms with Gasteiger partial charge in [0.1, 0.15) is 0 Å². The highest BCUT2D eigenvalue weighted by atomic mass is 15.2. The molecule has 1 fully saturated rings. The average Bonchev–Trinajstić information content (AvgIpc) is 3.24. The standard InChI is InChI=1S/C17H28N2/c1-4-12-19(16-10-11-16)14-17(2,13-18-3)15-8-6-5-7-9-15/h5-9,16,18H,4,10-14H2,1-3H3. The number of hydrogen-bond donors (Lipinski definition) is 1. The van der Waals surface area contributed by atoms with Crippen molar-refractivity contribution in [1.82, 2.24) is 10.2 Å². The van der Waals surface area contributed by atoms with Crippen LogP contribution in [-0.2, 0) is 5.41 Å². The Morgan fingerprint density at radius 3 is 2.47 bits per heavy atom. The molecule has 1 aromatic carbocycles. The first-order valence-corrected chi connectivity index (χ1v) is 7.64. The van der Waals surface area contributed by atoms with Crippen molar-refractivity contribution in [3.05, 3.63) is 35.9 Å². The monoisotopic (exact) mass is 260 g/mol. The van der Waals surface area contributed by atoms with E-state index in [2.05, 4.69) is 61.4 Å². The Kier molecular flexibility index (Phi) is 5.00. The molecular formula is C17H28N2. The van der Waals surface area contributed by atoms with Crippen molar-refractivity contribution in [3.63, 3.8) is 0 Å². The molecule has 1 aliphatic rings. The summed E-state index contributed by atoms with van der Waals surface area (Å²) in [5.41, 5.74) is 1.65. The first kappa shape index (κ1) is 14.5. The Hall–Kier alpha value is -0.860. The lowest BCUT2D eigenvalue weighted by atomic mass is 9.81. The summed E-state index contributed by atoms with van der Waals surface area (Å²) in [4.78, 5) is 2.70. The van der Waals surface area contributed by atoms with E-state index in [1.807, 2.05) is 0 Å². The molecule has 0 radical (unpaired) electrons. The minimum Gasteiger partial charge on any atom is -0.319 e. The van der Waals surface area contributed by atoms with Gasteiger partial charge in [-0.25, -0.2) is 0 Å². The number of hydrogen-bond acceptors (Lipinski definition) is 2. The average molecular weight is 260 g/mol. The minimum absolute atomic E-state index is 0.202. The van der Waals surface area contributed by atoms with Gasteiger partial charge in [0.05, 0.1) is 0 Å². The largest absolute Gasteiger partial charge is 0.319 e. The van der Waals surface area contributed by atoms with Crippen LogP contribution in [0.15, 0.2) is 30.3 Å². The lowest BCUT2D eigenvalue weighted by molar-refractivity contribution is 0.204. The fourth-order valence-electron chi connectivity index (χ4n) is 3.05. The van der Waals surface area contributed by atoms with Crippen molar-refractivity contribution in [3.8, 4) is 0 Å². The van der Waals surface area contributed by atoms with Crippen LogP contribution < -0.4 is 5.32 Å². The lowest BCUT2D eigenvalue weighted by Crippen LogP contribution is -2.45. The van der Waals surface area contributed by atoms with Crippen LogP contribution in [0.4, 0.5) is 0 Å². The van der Waals surface area contributed by atoms with Gasteiger partial charge in [0.2, 0.25) is 0 Å². The molecule has 1 atom stereocenters. The Labute approximate surface area is 118 Å². The second kappa shape index (κ2) is 6.53. The van der Waals surface area contributed by atoms with Gasteiger partial charge in [-0.05, 0) is 38.4 Å². The molecule has 106 valence electrons. The van der Waals surface area contributed by atoms with Gasteiger partial charge in [-0.15, -0.1) is 0 Å². The summed E-state index contributed by atoms with van der Waals surface area (Å²) >= 11 is 0. The number of nitrogens with zero attached hydrogens (tertiary/aromatic N) is 1. The molecule has 19 heavy (non-hydrogen) atoms. The Morgan fingerprint density at radius 1 is 1.26 bits per heavy atom. The van der Waals surface area contributed by atoms with E-state index in [1.165, 1.54) is 31.4 Å². The molecule has 2 heteroatoms. The third-order valence-electron chi connectivity index (χ3n) is 4.16. The van der Waals surface area contributed by atoms with Crippen molar-refractivity contribution in [2.75, 3.05) is 26.7 Å². The van der Waals surface area contributed by atoms with Gasteiger partial charge in [0.15, 0.2) is 0 Å². The van der Waals surface area contributed by atoms with Gasteiger partial charge in [-0.2, -0.15) is 0 Å². The Bertz CT molecular complexity index is 372. The van der Waals surface area contributed by atoms with E-state index in [-0.39, 0.29) is 5.41 Å². The molecule has 1 saturated carbocycles. The van der Waals surface area contributed by atoms with Crippen molar-refractivity contribution in [1.29, 1.82) is 0 Å².